The number of carbonyl (C=O) groups excluding carboxylic acids is 1. The Morgan fingerprint density at radius 2 is 1.75 bits per heavy atom. The third-order valence-corrected chi connectivity index (χ3v) is 4.75. The first-order chi connectivity index (χ1) is 11.6. The summed E-state index contributed by atoms with van der Waals surface area (Å²) in [5, 5.41) is 3.86. The van der Waals surface area contributed by atoms with Crippen LogP contribution in [0.4, 0.5) is 0 Å². The molecule has 2 aromatic rings. The fourth-order valence-corrected chi connectivity index (χ4v) is 3.18. The summed E-state index contributed by atoms with van der Waals surface area (Å²) in [6.07, 6.45) is 2.24. The van der Waals surface area contributed by atoms with Gasteiger partial charge in [0.1, 0.15) is 13.2 Å². The summed E-state index contributed by atoms with van der Waals surface area (Å²) in [5.41, 5.74) is 1.77. The summed E-state index contributed by atoms with van der Waals surface area (Å²) in [6.45, 7) is 1.14. The third kappa shape index (κ3) is 3.06. The Bertz CT molecular complexity index is 769. The summed E-state index contributed by atoms with van der Waals surface area (Å²) in [6, 6.07) is 13.3. The van der Waals surface area contributed by atoms with Gasteiger partial charge in [-0.2, -0.15) is 0 Å². The molecule has 0 radical (unpaired) electrons. The van der Waals surface area contributed by atoms with Gasteiger partial charge < -0.3 is 14.8 Å². The summed E-state index contributed by atoms with van der Waals surface area (Å²) >= 11 is 5.88. The van der Waals surface area contributed by atoms with Crippen LogP contribution in [0.1, 0.15) is 24.0 Å². The molecule has 0 aromatic heterocycles. The summed E-state index contributed by atoms with van der Waals surface area (Å²) in [5.74, 6) is 1.55. The predicted molar refractivity (Wildman–Crippen MR) is 91.6 cm³/mol. The van der Waals surface area contributed by atoms with Crippen molar-refractivity contribution in [3.05, 3.63) is 58.6 Å². The van der Waals surface area contributed by atoms with Gasteiger partial charge in [0.05, 0.1) is 12.0 Å². The van der Waals surface area contributed by atoms with Crippen LogP contribution < -0.4 is 14.8 Å². The van der Waals surface area contributed by atoms with Crippen molar-refractivity contribution < 1.29 is 14.3 Å². The maximum Gasteiger partial charge on any atom is 0.225 e. The molecule has 0 saturated heterocycles. The number of ether oxygens (including phenoxy) is 2. The molecule has 124 valence electrons. The monoisotopic (exact) mass is 343 g/mol. The highest BCUT2D eigenvalue weighted by Crippen LogP contribution is 2.47. The highest BCUT2D eigenvalue weighted by atomic mass is 35.5. The van der Waals surface area contributed by atoms with Crippen LogP contribution >= 0.6 is 11.6 Å². The lowest BCUT2D eigenvalue weighted by Gasteiger charge is -2.22. The van der Waals surface area contributed by atoms with Crippen LogP contribution in [0.5, 0.6) is 11.5 Å². The zero-order valence-electron chi connectivity index (χ0n) is 13.2. The first kappa shape index (κ1) is 15.3. The highest BCUT2D eigenvalue weighted by Gasteiger charge is 2.46. The van der Waals surface area contributed by atoms with Gasteiger partial charge in [0, 0.05) is 5.02 Å². The molecule has 4 nitrogen and oxygen atoms in total. The quantitative estimate of drug-likeness (QED) is 0.924. The first-order valence-electron chi connectivity index (χ1n) is 8.10. The van der Waals surface area contributed by atoms with Crippen LogP contribution in [-0.2, 0) is 16.8 Å². The molecule has 5 heteroatoms. The van der Waals surface area contributed by atoms with Crippen molar-refractivity contribution in [2.24, 2.45) is 0 Å². The van der Waals surface area contributed by atoms with E-state index in [1.807, 2.05) is 30.3 Å². The van der Waals surface area contributed by atoms with Crippen molar-refractivity contribution in [1.29, 1.82) is 0 Å². The largest absolute Gasteiger partial charge is 0.486 e. The average molecular weight is 344 g/mol. The number of benzene rings is 2. The Hall–Kier alpha value is -2.20. The Morgan fingerprint density at radius 1 is 1.04 bits per heavy atom. The minimum Gasteiger partial charge on any atom is -0.486 e. The molecule has 0 atom stereocenters. The minimum absolute atomic E-state index is 0.0183. The predicted octanol–water partition coefficient (Wildman–Crippen LogP) is 3.46. The van der Waals surface area contributed by atoms with E-state index in [4.69, 9.17) is 21.1 Å². The van der Waals surface area contributed by atoms with E-state index in [0.29, 0.717) is 24.7 Å². The number of halogens is 1. The normalized spacial score (nSPS) is 17.2. The average Bonchev–Trinajstić information content (AvgIpc) is 3.37. The molecule has 1 saturated carbocycles. The molecule has 1 fully saturated rings. The van der Waals surface area contributed by atoms with E-state index < -0.39 is 0 Å². The molecule has 2 aliphatic rings. The van der Waals surface area contributed by atoms with Gasteiger partial charge in [-0.3, -0.25) is 4.79 Å². The van der Waals surface area contributed by atoms with Crippen molar-refractivity contribution in [2.45, 2.75) is 24.8 Å². The van der Waals surface area contributed by atoms with Gasteiger partial charge in [-0.1, -0.05) is 29.8 Å². The number of amides is 1. The Kier molecular flexibility index (Phi) is 3.85. The van der Waals surface area contributed by atoms with Crippen LogP contribution in [0.3, 0.4) is 0 Å². The molecule has 4 rings (SSSR count). The van der Waals surface area contributed by atoms with Crippen molar-refractivity contribution >= 4 is 17.5 Å². The van der Waals surface area contributed by atoms with Crippen molar-refractivity contribution in [3.63, 3.8) is 0 Å². The van der Waals surface area contributed by atoms with Crippen molar-refractivity contribution in [2.75, 3.05) is 13.2 Å². The van der Waals surface area contributed by atoms with Gasteiger partial charge in [0.25, 0.3) is 0 Å². The molecule has 2 aromatic carbocycles. The lowest BCUT2D eigenvalue weighted by atomic mass is 10.0. The molecule has 1 aliphatic heterocycles. The SMILES string of the molecule is O=C(Cc1ccc(Cl)cc1)NC1(c2ccc3c(c2)OCCO3)CC1. The van der Waals surface area contributed by atoms with Gasteiger partial charge >= 0.3 is 0 Å². The molecule has 1 heterocycles. The molecule has 0 bridgehead atoms. The molecular weight excluding hydrogens is 326 g/mol. The summed E-state index contributed by atoms with van der Waals surface area (Å²) in [7, 11) is 0. The topological polar surface area (TPSA) is 47.6 Å². The number of hydrogen-bond donors (Lipinski definition) is 1. The van der Waals surface area contributed by atoms with E-state index in [1.165, 1.54) is 0 Å². The van der Waals surface area contributed by atoms with Gasteiger partial charge in [0.15, 0.2) is 11.5 Å². The van der Waals surface area contributed by atoms with E-state index in [1.54, 1.807) is 12.1 Å². The van der Waals surface area contributed by atoms with E-state index in [0.717, 1.165) is 35.5 Å². The zero-order chi connectivity index (χ0) is 16.6. The smallest absolute Gasteiger partial charge is 0.225 e. The molecule has 1 amide bonds. The van der Waals surface area contributed by atoms with Crippen molar-refractivity contribution in [1.82, 2.24) is 5.32 Å². The van der Waals surface area contributed by atoms with Crippen molar-refractivity contribution in [3.8, 4) is 11.5 Å². The van der Waals surface area contributed by atoms with Gasteiger partial charge in [-0.15, -0.1) is 0 Å². The van der Waals surface area contributed by atoms with Crippen LogP contribution in [0.2, 0.25) is 5.02 Å². The second-order valence-electron chi connectivity index (χ2n) is 6.29. The highest BCUT2D eigenvalue weighted by molar-refractivity contribution is 6.30. The van der Waals surface area contributed by atoms with E-state index in [-0.39, 0.29) is 11.4 Å². The molecule has 0 unspecified atom stereocenters. The number of hydrogen-bond acceptors (Lipinski definition) is 3. The van der Waals surface area contributed by atoms with E-state index >= 15 is 0 Å². The van der Waals surface area contributed by atoms with Gasteiger partial charge in [-0.25, -0.2) is 0 Å². The number of rotatable bonds is 4. The maximum absolute atomic E-state index is 12.4. The Balaban J connectivity index is 1.47. The second-order valence-corrected chi connectivity index (χ2v) is 6.73. The third-order valence-electron chi connectivity index (χ3n) is 4.50. The van der Waals surface area contributed by atoms with Gasteiger partial charge in [0.2, 0.25) is 5.91 Å². The van der Waals surface area contributed by atoms with Crippen LogP contribution in [0.15, 0.2) is 42.5 Å². The molecular formula is C19H18ClNO3. The second kappa shape index (κ2) is 6.02. The minimum atomic E-state index is -0.265. The summed E-state index contributed by atoms with van der Waals surface area (Å²) in [4.78, 5) is 12.4. The molecule has 1 N–H and O–H groups in total. The lowest BCUT2D eigenvalue weighted by Crippen LogP contribution is -2.36. The number of fused-ring (bicyclic) bond motifs is 1. The zero-order valence-corrected chi connectivity index (χ0v) is 13.9. The Morgan fingerprint density at radius 3 is 2.46 bits per heavy atom. The fourth-order valence-electron chi connectivity index (χ4n) is 3.05. The lowest BCUT2D eigenvalue weighted by molar-refractivity contribution is -0.121. The van der Waals surface area contributed by atoms with Crippen LogP contribution in [-0.4, -0.2) is 19.1 Å². The molecule has 0 spiro atoms. The van der Waals surface area contributed by atoms with E-state index in [2.05, 4.69) is 5.32 Å². The molecule has 1 aliphatic carbocycles. The number of nitrogens with one attached hydrogen (secondary N) is 1. The Labute approximate surface area is 145 Å². The van der Waals surface area contributed by atoms with Crippen LogP contribution in [0.25, 0.3) is 0 Å². The maximum atomic E-state index is 12.4. The standard InChI is InChI=1S/C19H18ClNO3/c20-15-4-1-13(2-5-15)11-18(22)21-19(7-8-19)14-3-6-16-17(12-14)24-10-9-23-16/h1-6,12H,7-11H2,(H,21,22). The fraction of sp³-hybridized carbons (Fsp3) is 0.316. The number of carbonyl (C=O) groups is 1. The van der Waals surface area contributed by atoms with Gasteiger partial charge in [-0.05, 0) is 48.2 Å². The van der Waals surface area contributed by atoms with E-state index in [9.17, 15) is 4.79 Å². The van der Waals surface area contributed by atoms with Crippen LogP contribution in [0, 0.1) is 0 Å². The summed E-state index contributed by atoms with van der Waals surface area (Å²) < 4.78 is 11.2. The first-order valence-corrected chi connectivity index (χ1v) is 8.48. The molecule has 24 heavy (non-hydrogen) atoms.